The summed E-state index contributed by atoms with van der Waals surface area (Å²) >= 11 is 0. The van der Waals surface area contributed by atoms with Crippen LogP contribution in [0, 0.1) is 5.92 Å². The van der Waals surface area contributed by atoms with E-state index in [1.165, 1.54) is 6.33 Å². The lowest BCUT2D eigenvalue weighted by Gasteiger charge is -2.17. The van der Waals surface area contributed by atoms with Crippen molar-refractivity contribution in [1.29, 1.82) is 0 Å². The van der Waals surface area contributed by atoms with Gasteiger partial charge in [-0.15, -0.1) is 0 Å². The van der Waals surface area contributed by atoms with E-state index in [1.807, 2.05) is 12.1 Å². The lowest BCUT2D eigenvalue weighted by molar-refractivity contribution is -0.123. The molecule has 0 aromatic carbocycles. The molecule has 0 radical (unpaired) electrons. The molecule has 7 nitrogen and oxygen atoms in total. The predicted octanol–water partition coefficient (Wildman–Crippen LogP) is 0.179. The van der Waals surface area contributed by atoms with Crippen LogP contribution in [-0.2, 0) is 4.79 Å². The first-order chi connectivity index (χ1) is 9.69. The third-order valence-electron chi connectivity index (χ3n) is 3.62. The summed E-state index contributed by atoms with van der Waals surface area (Å²) in [6.45, 7) is 1.48. The van der Waals surface area contributed by atoms with Crippen LogP contribution in [-0.4, -0.2) is 41.0 Å². The van der Waals surface area contributed by atoms with Gasteiger partial charge < -0.3 is 16.0 Å². The molecule has 1 saturated heterocycles. The minimum atomic E-state index is 0.0156. The molecule has 0 aliphatic carbocycles. The zero-order chi connectivity index (χ0) is 14.1. The SMILES string of the molecule is CNC(=O)C1CCN(c2ccc3ncnc(N)c3n2)C1. The van der Waals surface area contributed by atoms with Crippen LogP contribution in [0.1, 0.15) is 6.42 Å². The average molecular weight is 272 g/mol. The molecule has 1 amide bonds. The Hall–Kier alpha value is -2.44. The Morgan fingerprint density at radius 1 is 1.45 bits per heavy atom. The normalized spacial score (nSPS) is 18.4. The third-order valence-corrected chi connectivity index (χ3v) is 3.62. The molecule has 1 unspecified atom stereocenters. The van der Waals surface area contributed by atoms with E-state index in [4.69, 9.17) is 5.73 Å². The molecule has 104 valence electrons. The van der Waals surface area contributed by atoms with Crippen LogP contribution in [0.3, 0.4) is 0 Å². The first kappa shape index (κ1) is 12.6. The number of carbonyl (C=O) groups is 1. The van der Waals surface area contributed by atoms with Crippen LogP contribution < -0.4 is 16.0 Å². The standard InChI is InChI=1S/C13H16N6O/c1-15-13(20)8-4-5-19(6-8)10-3-2-9-11(18-10)12(14)17-7-16-9/h2-3,7-8H,4-6H2,1H3,(H,15,20)(H2,14,16,17). The summed E-state index contributed by atoms with van der Waals surface area (Å²) in [7, 11) is 1.66. The van der Waals surface area contributed by atoms with Crippen LogP contribution in [0.15, 0.2) is 18.5 Å². The molecular weight excluding hydrogens is 256 g/mol. The Labute approximate surface area is 116 Å². The second kappa shape index (κ2) is 4.92. The van der Waals surface area contributed by atoms with Gasteiger partial charge in [-0.1, -0.05) is 0 Å². The van der Waals surface area contributed by atoms with Crippen LogP contribution in [0.2, 0.25) is 0 Å². The molecule has 0 spiro atoms. The van der Waals surface area contributed by atoms with Crippen LogP contribution in [0.25, 0.3) is 11.0 Å². The van der Waals surface area contributed by atoms with Gasteiger partial charge in [0, 0.05) is 20.1 Å². The molecule has 0 saturated carbocycles. The van der Waals surface area contributed by atoms with E-state index in [0.29, 0.717) is 17.9 Å². The smallest absolute Gasteiger partial charge is 0.224 e. The van der Waals surface area contributed by atoms with E-state index >= 15 is 0 Å². The van der Waals surface area contributed by atoms with Crippen molar-refractivity contribution in [2.24, 2.45) is 5.92 Å². The first-order valence-electron chi connectivity index (χ1n) is 6.53. The highest BCUT2D eigenvalue weighted by molar-refractivity contribution is 5.85. The maximum Gasteiger partial charge on any atom is 0.224 e. The molecule has 7 heteroatoms. The number of aromatic nitrogens is 3. The molecule has 3 heterocycles. The molecule has 1 fully saturated rings. The Balaban J connectivity index is 1.88. The Morgan fingerprint density at radius 2 is 2.30 bits per heavy atom. The van der Waals surface area contributed by atoms with Gasteiger partial charge in [-0.2, -0.15) is 0 Å². The molecule has 3 rings (SSSR count). The minimum Gasteiger partial charge on any atom is -0.382 e. The number of nitrogens with two attached hydrogens (primary N) is 1. The van der Waals surface area contributed by atoms with Crippen LogP contribution in [0.5, 0.6) is 0 Å². The monoisotopic (exact) mass is 272 g/mol. The van der Waals surface area contributed by atoms with Gasteiger partial charge in [-0.3, -0.25) is 4.79 Å². The van der Waals surface area contributed by atoms with Crippen molar-refractivity contribution in [2.75, 3.05) is 30.8 Å². The topological polar surface area (TPSA) is 97.0 Å². The second-order valence-electron chi connectivity index (χ2n) is 4.84. The summed E-state index contributed by atoms with van der Waals surface area (Å²) in [6.07, 6.45) is 2.26. The number of hydrogen-bond acceptors (Lipinski definition) is 6. The zero-order valence-corrected chi connectivity index (χ0v) is 11.2. The van der Waals surface area contributed by atoms with Crippen LogP contribution >= 0.6 is 0 Å². The average Bonchev–Trinajstić information content (AvgIpc) is 2.96. The van der Waals surface area contributed by atoms with E-state index in [9.17, 15) is 4.79 Å². The van der Waals surface area contributed by atoms with Crippen molar-refractivity contribution in [3.63, 3.8) is 0 Å². The van der Waals surface area contributed by atoms with E-state index in [-0.39, 0.29) is 11.8 Å². The Bertz CT molecular complexity index is 658. The van der Waals surface area contributed by atoms with Gasteiger partial charge >= 0.3 is 0 Å². The largest absolute Gasteiger partial charge is 0.382 e. The lowest BCUT2D eigenvalue weighted by Crippen LogP contribution is -2.30. The van der Waals surface area contributed by atoms with Crippen molar-refractivity contribution in [3.05, 3.63) is 18.5 Å². The summed E-state index contributed by atoms with van der Waals surface area (Å²) in [4.78, 5) is 26.4. The van der Waals surface area contributed by atoms with Gasteiger partial charge in [-0.25, -0.2) is 15.0 Å². The second-order valence-corrected chi connectivity index (χ2v) is 4.84. The summed E-state index contributed by atoms with van der Waals surface area (Å²) in [6, 6.07) is 3.78. The number of anilines is 2. The number of rotatable bonds is 2. The summed E-state index contributed by atoms with van der Waals surface area (Å²) in [5.74, 6) is 1.28. The van der Waals surface area contributed by atoms with E-state index in [2.05, 4.69) is 25.2 Å². The molecule has 20 heavy (non-hydrogen) atoms. The Kier molecular flexibility index (Phi) is 3.09. The minimum absolute atomic E-state index is 0.0156. The molecule has 1 aliphatic rings. The van der Waals surface area contributed by atoms with Crippen molar-refractivity contribution in [1.82, 2.24) is 20.3 Å². The number of amides is 1. The molecule has 2 aromatic heterocycles. The number of hydrogen-bond donors (Lipinski definition) is 2. The van der Waals surface area contributed by atoms with Gasteiger partial charge in [0.25, 0.3) is 0 Å². The van der Waals surface area contributed by atoms with Gasteiger partial charge in [0.2, 0.25) is 5.91 Å². The quantitative estimate of drug-likeness (QED) is 0.809. The number of nitrogens with zero attached hydrogens (tertiary/aromatic N) is 4. The van der Waals surface area contributed by atoms with Crippen molar-refractivity contribution >= 4 is 28.6 Å². The number of carbonyl (C=O) groups excluding carboxylic acids is 1. The highest BCUT2D eigenvalue weighted by atomic mass is 16.1. The number of nitrogens with one attached hydrogen (secondary N) is 1. The van der Waals surface area contributed by atoms with Gasteiger partial charge in [0.15, 0.2) is 5.82 Å². The molecule has 2 aromatic rings. The molecular formula is C13H16N6O. The molecule has 1 aliphatic heterocycles. The van der Waals surface area contributed by atoms with Gasteiger partial charge in [-0.05, 0) is 18.6 Å². The Morgan fingerprint density at radius 3 is 3.10 bits per heavy atom. The predicted molar refractivity (Wildman–Crippen MR) is 76.1 cm³/mol. The summed E-state index contributed by atoms with van der Waals surface area (Å²) < 4.78 is 0. The van der Waals surface area contributed by atoms with Crippen molar-refractivity contribution < 1.29 is 4.79 Å². The van der Waals surface area contributed by atoms with E-state index < -0.39 is 0 Å². The van der Waals surface area contributed by atoms with Gasteiger partial charge in [0.1, 0.15) is 17.7 Å². The van der Waals surface area contributed by atoms with E-state index in [0.717, 1.165) is 24.3 Å². The fourth-order valence-electron chi connectivity index (χ4n) is 2.51. The maximum atomic E-state index is 11.7. The van der Waals surface area contributed by atoms with Gasteiger partial charge in [0.05, 0.1) is 11.4 Å². The maximum absolute atomic E-state index is 11.7. The van der Waals surface area contributed by atoms with E-state index in [1.54, 1.807) is 7.05 Å². The number of pyridine rings is 1. The highest BCUT2D eigenvalue weighted by Gasteiger charge is 2.28. The van der Waals surface area contributed by atoms with Crippen molar-refractivity contribution in [2.45, 2.75) is 6.42 Å². The molecule has 1 atom stereocenters. The molecule has 3 N–H and O–H groups in total. The summed E-state index contributed by atoms with van der Waals surface area (Å²) in [5, 5.41) is 2.69. The van der Waals surface area contributed by atoms with Crippen LogP contribution in [0.4, 0.5) is 11.6 Å². The van der Waals surface area contributed by atoms with Crippen molar-refractivity contribution in [3.8, 4) is 0 Å². The lowest BCUT2D eigenvalue weighted by atomic mass is 10.1. The third kappa shape index (κ3) is 2.11. The fourth-order valence-corrected chi connectivity index (χ4v) is 2.51. The molecule has 0 bridgehead atoms. The first-order valence-corrected chi connectivity index (χ1v) is 6.53. The highest BCUT2D eigenvalue weighted by Crippen LogP contribution is 2.25. The summed E-state index contributed by atoms with van der Waals surface area (Å²) in [5.41, 5.74) is 7.15. The zero-order valence-electron chi connectivity index (χ0n) is 11.2. The fraction of sp³-hybridized carbons (Fsp3) is 0.385. The number of fused-ring (bicyclic) bond motifs is 1. The number of nitrogen functional groups attached to an aromatic ring is 1.